The molecule has 5 aromatic rings. The van der Waals surface area contributed by atoms with Gasteiger partial charge in [0.05, 0.1) is 18.2 Å². The van der Waals surface area contributed by atoms with Gasteiger partial charge in [-0.2, -0.15) is 0 Å². The molecule has 0 fully saturated rings. The third-order valence-electron chi connectivity index (χ3n) is 6.89. The minimum atomic E-state index is -1.35. The first-order valence-corrected chi connectivity index (χ1v) is 12.7. The number of hydrogen-bond donors (Lipinski definition) is 2. The Hall–Kier alpha value is -4.29. The number of benzene rings is 2. The molecule has 5 rings (SSSR count). The van der Waals surface area contributed by atoms with E-state index in [0.717, 1.165) is 22.4 Å². The number of aryl methyl sites for hydroxylation is 3. The van der Waals surface area contributed by atoms with E-state index >= 15 is 0 Å². The minimum Gasteiger partial charge on any atom is -0.456 e. The van der Waals surface area contributed by atoms with E-state index in [4.69, 9.17) is 4.42 Å². The van der Waals surface area contributed by atoms with E-state index in [1.807, 2.05) is 43.3 Å². The first-order chi connectivity index (χ1) is 18.2. The summed E-state index contributed by atoms with van der Waals surface area (Å²) in [5.41, 5.74) is 6.28. The molecule has 0 spiro atoms. The van der Waals surface area contributed by atoms with E-state index in [1.165, 1.54) is 5.56 Å². The molecule has 0 bridgehead atoms. The maximum Gasteiger partial charge on any atom is 0.226 e. The fourth-order valence-electron chi connectivity index (χ4n) is 4.81. The maximum absolute atomic E-state index is 13.2. The van der Waals surface area contributed by atoms with Crippen molar-refractivity contribution in [3.63, 3.8) is 0 Å². The first-order valence-electron chi connectivity index (χ1n) is 12.7. The summed E-state index contributed by atoms with van der Waals surface area (Å²) in [6.07, 6.45) is 1.78. The molecule has 0 radical (unpaired) electrons. The Labute approximate surface area is 222 Å². The van der Waals surface area contributed by atoms with Gasteiger partial charge in [0.2, 0.25) is 5.91 Å². The molecule has 2 atom stereocenters. The predicted molar refractivity (Wildman–Crippen MR) is 148 cm³/mol. The fraction of sp³-hybridized carbons (Fsp3) is 0.219. The molecule has 1 unspecified atom stereocenters. The lowest BCUT2D eigenvalue weighted by atomic mass is 9.93. The van der Waals surface area contributed by atoms with Gasteiger partial charge in [-0.15, -0.1) is 0 Å². The topological polar surface area (TPSA) is 88.2 Å². The molecule has 3 heterocycles. The highest BCUT2D eigenvalue weighted by Gasteiger charge is 2.30. The minimum absolute atomic E-state index is 0.116. The van der Waals surface area contributed by atoms with Crippen molar-refractivity contribution >= 4 is 17.0 Å². The summed E-state index contributed by atoms with van der Waals surface area (Å²) in [6.45, 7) is 7.69. The van der Waals surface area contributed by atoms with E-state index in [1.54, 1.807) is 37.4 Å². The molecular weight excluding hydrogens is 474 g/mol. The SMILES string of the molecule is Cc1ccc([C@@H](NC(=O)Cc2ccc3oc(C(C)(O)c4ccnc(C)c4)cc3n2)c2ccccc2)c(C)c1. The molecule has 0 aliphatic heterocycles. The number of aliphatic hydroxyl groups is 1. The van der Waals surface area contributed by atoms with Gasteiger partial charge in [0.1, 0.15) is 16.9 Å². The zero-order chi connectivity index (χ0) is 26.9. The number of nitrogens with zero attached hydrogens (tertiary/aromatic N) is 2. The molecule has 0 aliphatic carbocycles. The van der Waals surface area contributed by atoms with Crippen LogP contribution in [0.15, 0.2) is 89.5 Å². The summed E-state index contributed by atoms with van der Waals surface area (Å²) >= 11 is 0. The highest BCUT2D eigenvalue weighted by atomic mass is 16.4. The second-order valence-electron chi connectivity index (χ2n) is 10.0. The number of carbonyl (C=O) groups excluding carboxylic acids is 1. The highest BCUT2D eigenvalue weighted by Crippen LogP contribution is 2.33. The lowest BCUT2D eigenvalue weighted by Gasteiger charge is -2.22. The van der Waals surface area contributed by atoms with Crippen molar-refractivity contribution in [1.29, 1.82) is 0 Å². The van der Waals surface area contributed by atoms with Gasteiger partial charge in [-0.3, -0.25) is 9.78 Å². The number of fused-ring (bicyclic) bond motifs is 1. The third kappa shape index (κ3) is 5.22. The summed E-state index contributed by atoms with van der Waals surface area (Å²) in [5.74, 6) is 0.250. The number of rotatable bonds is 7. The molecular formula is C32H31N3O3. The van der Waals surface area contributed by atoms with Gasteiger partial charge in [0.25, 0.3) is 0 Å². The van der Waals surface area contributed by atoms with Crippen molar-refractivity contribution in [3.05, 3.63) is 130 Å². The van der Waals surface area contributed by atoms with Gasteiger partial charge >= 0.3 is 0 Å². The maximum atomic E-state index is 13.2. The van der Waals surface area contributed by atoms with Crippen LogP contribution < -0.4 is 5.32 Å². The Balaban J connectivity index is 1.39. The molecule has 6 nitrogen and oxygen atoms in total. The van der Waals surface area contributed by atoms with Gasteiger partial charge in [0.15, 0.2) is 5.58 Å². The van der Waals surface area contributed by atoms with Crippen molar-refractivity contribution in [2.75, 3.05) is 0 Å². The Kier molecular flexibility index (Phi) is 6.83. The Bertz CT molecular complexity index is 1610. The molecule has 0 saturated carbocycles. The summed E-state index contributed by atoms with van der Waals surface area (Å²) in [6, 6.07) is 24.9. The third-order valence-corrected chi connectivity index (χ3v) is 6.89. The molecule has 6 heteroatoms. The van der Waals surface area contributed by atoms with E-state index in [9.17, 15) is 9.90 Å². The van der Waals surface area contributed by atoms with Crippen molar-refractivity contribution in [3.8, 4) is 0 Å². The number of aromatic nitrogens is 2. The predicted octanol–water partition coefficient (Wildman–Crippen LogP) is 5.85. The van der Waals surface area contributed by atoms with Crippen LogP contribution in [0.25, 0.3) is 11.1 Å². The lowest BCUT2D eigenvalue weighted by molar-refractivity contribution is -0.121. The summed E-state index contributed by atoms with van der Waals surface area (Å²) in [5, 5.41) is 14.5. The molecule has 1 amide bonds. The van der Waals surface area contributed by atoms with E-state index in [-0.39, 0.29) is 18.4 Å². The first kappa shape index (κ1) is 25.4. The number of pyridine rings is 2. The smallest absolute Gasteiger partial charge is 0.226 e. The highest BCUT2D eigenvalue weighted by molar-refractivity contribution is 5.81. The van der Waals surface area contributed by atoms with Crippen LogP contribution in [0.4, 0.5) is 0 Å². The monoisotopic (exact) mass is 505 g/mol. The molecule has 2 N–H and O–H groups in total. The van der Waals surface area contributed by atoms with Gasteiger partial charge in [-0.05, 0) is 74.2 Å². The van der Waals surface area contributed by atoms with Crippen molar-refractivity contribution in [2.24, 2.45) is 0 Å². The standard InChI is InChI=1S/C32H31N3O3/c1-20-10-12-26(21(2)16-20)31(23-8-6-5-7-9-23)35-30(36)18-25-11-13-28-27(34-25)19-29(38-28)32(4,37)24-14-15-33-22(3)17-24/h5-17,19,31,37H,18H2,1-4H3,(H,35,36)/t31-,32?/m0/s1. The zero-order valence-electron chi connectivity index (χ0n) is 22.0. The summed E-state index contributed by atoms with van der Waals surface area (Å²) < 4.78 is 5.96. The quantitative estimate of drug-likeness (QED) is 0.290. The Morgan fingerprint density at radius 3 is 2.53 bits per heavy atom. The molecule has 0 aliphatic rings. The molecule has 3 aromatic heterocycles. The van der Waals surface area contributed by atoms with Crippen LogP contribution in [0.5, 0.6) is 0 Å². The number of carbonyl (C=O) groups is 1. The Morgan fingerprint density at radius 2 is 1.79 bits per heavy atom. The van der Waals surface area contributed by atoms with Crippen LogP contribution in [-0.4, -0.2) is 21.0 Å². The lowest BCUT2D eigenvalue weighted by Crippen LogP contribution is -2.31. The van der Waals surface area contributed by atoms with Crippen LogP contribution in [0.3, 0.4) is 0 Å². The van der Waals surface area contributed by atoms with Crippen LogP contribution >= 0.6 is 0 Å². The fourth-order valence-corrected chi connectivity index (χ4v) is 4.81. The molecule has 192 valence electrons. The normalized spacial score (nSPS) is 13.7. The Morgan fingerprint density at radius 1 is 1.00 bits per heavy atom. The van der Waals surface area contributed by atoms with E-state index in [2.05, 4.69) is 47.3 Å². The van der Waals surface area contributed by atoms with Crippen molar-refractivity contribution in [1.82, 2.24) is 15.3 Å². The van der Waals surface area contributed by atoms with E-state index < -0.39 is 5.60 Å². The van der Waals surface area contributed by atoms with Crippen LogP contribution in [-0.2, 0) is 16.8 Å². The number of furan rings is 1. The van der Waals surface area contributed by atoms with E-state index in [0.29, 0.717) is 28.1 Å². The van der Waals surface area contributed by atoms with Crippen molar-refractivity contribution in [2.45, 2.75) is 45.8 Å². The average Bonchev–Trinajstić information content (AvgIpc) is 3.33. The second kappa shape index (κ2) is 10.2. The largest absolute Gasteiger partial charge is 0.456 e. The second-order valence-corrected chi connectivity index (χ2v) is 10.0. The van der Waals surface area contributed by atoms with Crippen LogP contribution in [0.1, 0.15) is 57.9 Å². The van der Waals surface area contributed by atoms with Gasteiger partial charge in [0, 0.05) is 18.0 Å². The average molecular weight is 506 g/mol. The molecule has 2 aromatic carbocycles. The zero-order valence-corrected chi connectivity index (χ0v) is 22.0. The molecule has 0 saturated heterocycles. The van der Waals surface area contributed by atoms with Gasteiger partial charge in [-0.1, -0.05) is 54.1 Å². The van der Waals surface area contributed by atoms with Crippen LogP contribution in [0.2, 0.25) is 0 Å². The van der Waals surface area contributed by atoms with Gasteiger partial charge in [-0.25, -0.2) is 4.98 Å². The van der Waals surface area contributed by atoms with Crippen molar-refractivity contribution < 1.29 is 14.3 Å². The van der Waals surface area contributed by atoms with Crippen LogP contribution in [0, 0.1) is 20.8 Å². The summed E-state index contributed by atoms with van der Waals surface area (Å²) in [4.78, 5) is 22.1. The number of amides is 1. The summed E-state index contributed by atoms with van der Waals surface area (Å²) in [7, 11) is 0. The molecule has 38 heavy (non-hydrogen) atoms. The number of nitrogens with one attached hydrogen (secondary N) is 1. The number of hydrogen-bond acceptors (Lipinski definition) is 5. The van der Waals surface area contributed by atoms with Gasteiger partial charge < -0.3 is 14.8 Å².